The fraction of sp³-hybridized carbons (Fsp3) is 0.304. The highest BCUT2D eigenvalue weighted by molar-refractivity contribution is 7.18. The number of quaternary nitrogens is 1. The smallest absolute Gasteiger partial charge is 0.260 e. The van der Waals surface area contributed by atoms with Crippen molar-refractivity contribution in [1.29, 1.82) is 0 Å². The minimum atomic E-state index is 0.0330. The highest BCUT2D eigenvalue weighted by Gasteiger charge is 2.20. The Kier molecular flexibility index (Phi) is 4.49. The summed E-state index contributed by atoms with van der Waals surface area (Å²) in [6.07, 6.45) is 4.51. The number of aromatic amines is 1. The molecule has 142 valence electrons. The monoisotopic (exact) mass is 390 g/mol. The van der Waals surface area contributed by atoms with Crippen molar-refractivity contribution < 1.29 is 5.32 Å². The van der Waals surface area contributed by atoms with Crippen LogP contribution in [0, 0.1) is 0 Å². The predicted octanol–water partition coefficient (Wildman–Crippen LogP) is 3.84. The molecule has 5 rings (SSSR count). The van der Waals surface area contributed by atoms with Crippen LogP contribution in [0.4, 0.5) is 0 Å². The van der Waals surface area contributed by atoms with Crippen molar-refractivity contribution in [3.05, 3.63) is 74.6 Å². The van der Waals surface area contributed by atoms with Crippen LogP contribution in [-0.2, 0) is 19.4 Å². The van der Waals surface area contributed by atoms with Gasteiger partial charge in [-0.05, 0) is 48.9 Å². The number of nitrogens with zero attached hydrogens (tertiary/aromatic N) is 1. The molecule has 0 saturated carbocycles. The fourth-order valence-electron chi connectivity index (χ4n) is 4.37. The SMILES string of the molecule is C[C@@H]([NH2+]Cc1nc2sc3c(c2c(=O)[nH]1)CCCC3)c1cccc2ccccc12. The van der Waals surface area contributed by atoms with E-state index in [0.717, 1.165) is 28.9 Å². The van der Waals surface area contributed by atoms with E-state index in [-0.39, 0.29) is 11.6 Å². The van der Waals surface area contributed by atoms with E-state index >= 15 is 0 Å². The van der Waals surface area contributed by atoms with Crippen LogP contribution in [0.1, 0.15) is 47.6 Å². The molecule has 5 heteroatoms. The second-order valence-electron chi connectivity index (χ2n) is 7.70. The molecule has 3 N–H and O–H groups in total. The average molecular weight is 391 g/mol. The number of thiophene rings is 1. The van der Waals surface area contributed by atoms with E-state index in [1.165, 1.54) is 39.6 Å². The normalized spacial score (nSPS) is 15.0. The Balaban J connectivity index is 1.42. The minimum absolute atomic E-state index is 0.0330. The quantitative estimate of drug-likeness (QED) is 0.556. The molecular formula is C23H24N3OS+. The molecule has 0 saturated heterocycles. The molecule has 1 aliphatic rings. The van der Waals surface area contributed by atoms with Crippen LogP contribution in [0.3, 0.4) is 0 Å². The number of aromatic nitrogens is 2. The Hall–Kier alpha value is -2.50. The standard InChI is InChI=1S/C23H23N3OS/c1-14(16-11-6-8-15-7-2-3-9-17(15)16)24-13-20-25-22(27)21-18-10-4-5-12-19(18)28-23(21)26-20/h2-3,6-9,11,14,24H,4-5,10,12-13H2,1H3,(H,25,26,27)/p+1/t14-/m1/s1. The summed E-state index contributed by atoms with van der Waals surface area (Å²) in [6, 6.07) is 15.2. The van der Waals surface area contributed by atoms with Crippen molar-refractivity contribution in [1.82, 2.24) is 9.97 Å². The lowest BCUT2D eigenvalue weighted by atomic mass is 9.97. The van der Waals surface area contributed by atoms with Gasteiger partial charge < -0.3 is 10.3 Å². The highest BCUT2D eigenvalue weighted by Crippen LogP contribution is 2.33. The van der Waals surface area contributed by atoms with E-state index in [2.05, 4.69) is 59.7 Å². The third-order valence-electron chi connectivity index (χ3n) is 5.85. The van der Waals surface area contributed by atoms with Crippen LogP contribution < -0.4 is 10.9 Å². The summed E-state index contributed by atoms with van der Waals surface area (Å²) in [7, 11) is 0. The van der Waals surface area contributed by atoms with Crippen LogP contribution in [0.2, 0.25) is 0 Å². The summed E-state index contributed by atoms with van der Waals surface area (Å²) < 4.78 is 0. The molecule has 1 atom stereocenters. The number of rotatable bonds is 4. The summed E-state index contributed by atoms with van der Waals surface area (Å²) in [5.74, 6) is 0.767. The largest absolute Gasteiger partial charge is 0.334 e. The van der Waals surface area contributed by atoms with Gasteiger partial charge >= 0.3 is 0 Å². The third-order valence-corrected chi connectivity index (χ3v) is 7.04. The molecule has 2 aromatic heterocycles. The fourth-order valence-corrected chi connectivity index (χ4v) is 5.65. The molecule has 0 bridgehead atoms. The molecule has 0 amide bonds. The minimum Gasteiger partial charge on any atom is -0.334 e. The second kappa shape index (κ2) is 7.15. The zero-order valence-corrected chi connectivity index (χ0v) is 16.8. The lowest BCUT2D eigenvalue weighted by molar-refractivity contribution is -0.708. The molecule has 4 aromatic rings. The molecule has 0 unspecified atom stereocenters. The zero-order valence-electron chi connectivity index (χ0n) is 16.0. The van der Waals surface area contributed by atoms with Gasteiger partial charge in [-0.2, -0.15) is 0 Å². The van der Waals surface area contributed by atoms with E-state index in [4.69, 9.17) is 4.98 Å². The van der Waals surface area contributed by atoms with Crippen LogP contribution >= 0.6 is 11.3 Å². The first kappa shape index (κ1) is 17.6. The number of nitrogens with two attached hydrogens (primary N) is 1. The predicted molar refractivity (Wildman–Crippen MR) is 115 cm³/mol. The van der Waals surface area contributed by atoms with Gasteiger partial charge in [-0.25, -0.2) is 4.98 Å². The maximum atomic E-state index is 12.7. The first-order valence-corrected chi connectivity index (χ1v) is 10.9. The molecule has 0 radical (unpaired) electrons. The molecule has 0 aliphatic heterocycles. The average Bonchev–Trinajstić information content (AvgIpc) is 3.10. The van der Waals surface area contributed by atoms with E-state index in [0.29, 0.717) is 6.54 Å². The van der Waals surface area contributed by atoms with Crippen molar-refractivity contribution in [2.75, 3.05) is 0 Å². The van der Waals surface area contributed by atoms with E-state index < -0.39 is 0 Å². The molecule has 28 heavy (non-hydrogen) atoms. The Bertz CT molecular complexity index is 1220. The van der Waals surface area contributed by atoms with E-state index in [1.54, 1.807) is 11.3 Å². The van der Waals surface area contributed by atoms with Gasteiger partial charge in [0.25, 0.3) is 5.56 Å². The molecular weight excluding hydrogens is 366 g/mol. The number of aryl methyl sites for hydroxylation is 2. The summed E-state index contributed by atoms with van der Waals surface area (Å²) in [4.78, 5) is 22.8. The number of hydrogen-bond acceptors (Lipinski definition) is 3. The second-order valence-corrected chi connectivity index (χ2v) is 8.78. The van der Waals surface area contributed by atoms with Gasteiger partial charge in [0.2, 0.25) is 0 Å². The van der Waals surface area contributed by atoms with Crippen molar-refractivity contribution in [3.63, 3.8) is 0 Å². The Morgan fingerprint density at radius 2 is 1.96 bits per heavy atom. The van der Waals surface area contributed by atoms with E-state index in [1.807, 2.05) is 0 Å². The summed E-state index contributed by atoms with van der Waals surface area (Å²) in [6.45, 7) is 2.88. The van der Waals surface area contributed by atoms with Gasteiger partial charge in [0.15, 0.2) is 5.82 Å². The molecule has 0 spiro atoms. The maximum Gasteiger partial charge on any atom is 0.260 e. The molecule has 2 aromatic carbocycles. The van der Waals surface area contributed by atoms with Crippen molar-refractivity contribution in [2.24, 2.45) is 0 Å². The summed E-state index contributed by atoms with van der Waals surface area (Å²) >= 11 is 1.72. The highest BCUT2D eigenvalue weighted by atomic mass is 32.1. The van der Waals surface area contributed by atoms with Gasteiger partial charge in [-0.15, -0.1) is 11.3 Å². The van der Waals surface area contributed by atoms with Gasteiger partial charge in [0.1, 0.15) is 17.4 Å². The topological polar surface area (TPSA) is 62.4 Å². The molecule has 1 aliphatic carbocycles. The lowest BCUT2D eigenvalue weighted by Gasteiger charge is -2.13. The van der Waals surface area contributed by atoms with Crippen molar-refractivity contribution in [2.45, 2.75) is 45.2 Å². The Morgan fingerprint density at radius 1 is 1.14 bits per heavy atom. The first-order valence-electron chi connectivity index (χ1n) is 10.0. The molecule has 4 nitrogen and oxygen atoms in total. The zero-order chi connectivity index (χ0) is 19.1. The number of H-pyrrole nitrogens is 1. The van der Waals surface area contributed by atoms with Crippen molar-refractivity contribution >= 4 is 32.3 Å². The summed E-state index contributed by atoms with van der Waals surface area (Å²) in [5.41, 5.74) is 2.60. The van der Waals surface area contributed by atoms with Crippen LogP contribution in [-0.4, -0.2) is 9.97 Å². The number of nitrogens with one attached hydrogen (secondary N) is 1. The first-order chi connectivity index (χ1) is 13.7. The van der Waals surface area contributed by atoms with Gasteiger partial charge in [-0.1, -0.05) is 42.5 Å². The van der Waals surface area contributed by atoms with Crippen molar-refractivity contribution in [3.8, 4) is 0 Å². The number of hydrogen-bond donors (Lipinski definition) is 2. The van der Waals surface area contributed by atoms with Crippen LogP contribution in [0.5, 0.6) is 0 Å². The van der Waals surface area contributed by atoms with E-state index in [9.17, 15) is 4.79 Å². The number of fused-ring (bicyclic) bond motifs is 4. The maximum absolute atomic E-state index is 12.7. The lowest BCUT2D eigenvalue weighted by Crippen LogP contribution is -2.83. The number of benzene rings is 2. The summed E-state index contributed by atoms with van der Waals surface area (Å²) in [5, 5.41) is 5.64. The Morgan fingerprint density at radius 3 is 2.89 bits per heavy atom. The third kappa shape index (κ3) is 3.05. The van der Waals surface area contributed by atoms with Crippen LogP contribution in [0.15, 0.2) is 47.3 Å². The van der Waals surface area contributed by atoms with Gasteiger partial charge in [-0.3, -0.25) is 4.79 Å². The van der Waals surface area contributed by atoms with Crippen LogP contribution in [0.25, 0.3) is 21.0 Å². The Labute approximate surface area is 167 Å². The van der Waals surface area contributed by atoms with Gasteiger partial charge in [0.05, 0.1) is 5.39 Å². The van der Waals surface area contributed by atoms with Gasteiger partial charge in [0, 0.05) is 10.4 Å². The molecule has 0 fully saturated rings. The molecule has 2 heterocycles.